The second-order valence-corrected chi connectivity index (χ2v) is 7.66. The Morgan fingerprint density at radius 1 is 1.14 bits per heavy atom. The van der Waals surface area contributed by atoms with Crippen molar-refractivity contribution in [2.45, 2.75) is 29.2 Å². The number of nitrogens with two attached hydrogens (primary N) is 1. The molecule has 0 saturated heterocycles. The summed E-state index contributed by atoms with van der Waals surface area (Å²) >= 11 is 1.96. The maximum atomic E-state index is 12.1. The van der Waals surface area contributed by atoms with E-state index in [1.54, 1.807) is 0 Å². The molecule has 22 heavy (non-hydrogen) atoms. The zero-order valence-electron chi connectivity index (χ0n) is 11.2. The number of sulfone groups is 1. The number of hydrogen-bond donors (Lipinski definition) is 5. The highest BCUT2D eigenvalue weighted by atomic mass is 127. The number of hydrogen-bond acceptors (Lipinski definition) is 8. The SMILES string of the molecule is N[C@@H](C(=O)S(=O)(=O)c1ccc(I)cc1)[C@@H](O)[C@H](O)[C@H](O)CO. The van der Waals surface area contributed by atoms with Crippen LogP contribution in [0.5, 0.6) is 0 Å². The fourth-order valence-corrected chi connectivity index (χ4v) is 3.18. The molecule has 4 atom stereocenters. The summed E-state index contributed by atoms with van der Waals surface area (Å²) in [6.45, 7) is -0.886. The summed E-state index contributed by atoms with van der Waals surface area (Å²) in [5, 5.41) is 35.5. The summed E-state index contributed by atoms with van der Waals surface area (Å²) in [6.07, 6.45) is -5.76. The van der Waals surface area contributed by atoms with Crippen molar-refractivity contribution < 1.29 is 33.6 Å². The summed E-state index contributed by atoms with van der Waals surface area (Å²) in [6, 6.07) is 3.42. The number of aliphatic hydroxyl groups is 4. The van der Waals surface area contributed by atoms with Gasteiger partial charge in [-0.2, -0.15) is 0 Å². The molecule has 10 heteroatoms. The van der Waals surface area contributed by atoms with Crippen molar-refractivity contribution in [3.8, 4) is 0 Å². The number of rotatable bonds is 6. The lowest BCUT2D eigenvalue weighted by Gasteiger charge is -2.25. The highest BCUT2D eigenvalue weighted by molar-refractivity contribution is 14.1. The molecule has 0 spiro atoms. The average Bonchev–Trinajstić information content (AvgIpc) is 2.51. The first-order valence-electron chi connectivity index (χ1n) is 6.08. The minimum atomic E-state index is -4.45. The normalized spacial score (nSPS) is 17.5. The predicted molar refractivity (Wildman–Crippen MR) is 84.4 cm³/mol. The van der Waals surface area contributed by atoms with Gasteiger partial charge in [0.1, 0.15) is 24.4 Å². The van der Waals surface area contributed by atoms with Gasteiger partial charge in [0.15, 0.2) is 0 Å². The van der Waals surface area contributed by atoms with E-state index in [-0.39, 0.29) is 4.90 Å². The summed E-state index contributed by atoms with van der Waals surface area (Å²) in [7, 11) is -4.45. The summed E-state index contributed by atoms with van der Waals surface area (Å²) in [5.74, 6) is 0. The van der Waals surface area contributed by atoms with E-state index in [2.05, 4.69) is 0 Å². The van der Waals surface area contributed by atoms with Crippen LogP contribution in [-0.2, 0) is 14.6 Å². The van der Waals surface area contributed by atoms with Gasteiger partial charge in [-0.1, -0.05) is 0 Å². The minimum Gasteiger partial charge on any atom is -0.394 e. The van der Waals surface area contributed by atoms with E-state index in [0.29, 0.717) is 0 Å². The molecule has 124 valence electrons. The van der Waals surface area contributed by atoms with E-state index >= 15 is 0 Å². The third-order valence-electron chi connectivity index (χ3n) is 2.96. The molecule has 0 bridgehead atoms. The van der Waals surface area contributed by atoms with Gasteiger partial charge < -0.3 is 26.2 Å². The molecule has 0 aliphatic rings. The molecule has 0 heterocycles. The van der Waals surface area contributed by atoms with E-state index in [0.717, 1.165) is 3.57 Å². The minimum absolute atomic E-state index is 0.294. The molecule has 0 aliphatic carbocycles. The fourth-order valence-electron chi connectivity index (χ4n) is 1.60. The Morgan fingerprint density at radius 3 is 2.09 bits per heavy atom. The van der Waals surface area contributed by atoms with Crippen LogP contribution in [0.2, 0.25) is 0 Å². The van der Waals surface area contributed by atoms with Gasteiger partial charge in [0, 0.05) is 3.57 Å². The second-order valence-electron chi connectivity index (χ2n) is 4.53. The van der Waals surface area contributed by atoms with Gasteiger partial charge >= 0.3 is 0 Å². The van der Waals surface area contributed by atoms with Crippen molar-refractivity contribution >= 4 is 37.5 Å². The van der Waals surface area contributed by atoms with Gasteiger partial charge in [0.25, 0.3) is 5.12 Å². The quantitative estimate of drug-likeness (QED) is 0.315. The Morgan fingerprint density at radius 2 is 1.64 bits per heavy atom. The Kier molecular flexibility index (Phi) is 6.85. The Labute approximate surface area is 140 Å². The van der Waals surface area contributed by atoms with Crippen LogP contribution < -0.4 is 5.73 Å². The van der Waals surface area contributed by atoms with Gasteiger partial charge in [-0.05, 0) is 46.9 Å². The topological polar surface area (TPSA) is 158 Å². The monoisotopic (exact) mass is 445 g/mol. The van der Waals surface area contributed by atoms with Gasteiger partial charge in [0.05, 0.1) is 11.5 Å². The third kappa shape index (κ3) is 4.22. The van der Waals surface area contributed by atoms with Gasteiger partial charge in [-0.15, -0.1) is 0 Å². The van der Waals surface area contributed by atoms with E-state index in [1.807, 2.05) is 22.6 Å². The molecule has 0 saturated carbocycles. The van der Waals surface area contributed by atoms with Crippen LogP contribution in [0.1, 0.15) is 0 Å². The zero-order valence-corrected chi connectivity index (χ0v) is 14.2. The molecule has 0 unspecified atom stereocenters. The molecular weight excluding hydrogens is 429 g/mol. The zero-order chi connectivity index (χ0) is 17.1. The lowest BCUT2D eigenvalue weighted by Crippen LogP contribution is -2.54. The molecule has 1 rings (SSSR count). The van der Waals surface area contributed by atoms with Crippen molar-refractivity contribution in [1.29, 1.82) is 0 Å². The highest BCUT2D eigenvalue weighted by Crippen LogP contribution is 2.17. The number of carbonyl (C=O) groups is 1. The van der Waals surface area contributed by atoms with Crippen LogP contribution in [0, 0.1) is 3.57 Å². The Bertz CT molecular complexity index is 619. The van der Waals surface area contributed by atoms with Crippen molar-refractivity contribution in [3.05, 3.63) is 27.8 Å². The molecule has 0 aliphatic heterocycles. The average molecular weight is 445 g/mol. The largest absolute Gasteiger partial charge is 0.394 e. The van der Waals surface area contributed by atoms with Crippen LogP contribution in [0.4, 0.5) is 0 Å². The highest BCUT2D eigenvalue weighted by Gasteiger charge is 2.39. The number of carbonyl (C=O) groups excluding carboxylic acids is 1. The maximum Gasteiger partial charge on any atom is 0.270 e. The molecule has 0 fully saturated rings. The van der Waals surface area contributed by atoms with E-state index in [1.165, 1.54) is 24.3 Å². The summed E-state index contributed by atoms with van der Waals surface area (Å²) < 4.78 is 25.0. The van der Waals surface area contributed by atoms with Gasteiger partial charge in [-0.25, -0.2) is 8.42 Å². The maximum absolute atomic E-state index is 12.1. The van der Waals surface area contributed by atoms with Crippen molar-refractivity contribution in [3.63, 3.8) is 0 Å². The van der Waals surface area contributed by atoms with E-state index < -0.39 is 45.9 Å². The van der Waals surface area contributed by atoms with E-state index in [4.69, 9.17) is 10.8 Å². The lowest BCUT2D eigenvalue weighted by molar-refractivity contribution is -0.122. The van der Waals surface area contributed by atoms with Gasteiger partial charge in [-0.3, -0.25) is 4.79 Å². The smallest absolute Gasteiger partial charge is 0.270 e. The predicted octanol–water partition coefficient (Wildman–Crippen LogP) is -2.01. The van der Waals surface area contributed by atoms with Crippen LogP contribution in [-0.4, -0.2) is 64.9 Å². The third-order valence-corrected chi connectivity index (χ3v) is 5.37. The second kappa shape index (κ2) is 7.77. The number of halogens is 1. The summed E-state index contributed by atoms with van der Waals surface area (Å²) in [4.78, 5) is 11.7. The molecule has 6 N–H and O–H groups in total. The first kappa shape index (κ1) is 19.4. The molecule has 8 nitrogen and oxygen atoms in total. The van der Waals surface area contributed by atoms with Crippen LogP contribution in [0.3, 0.4) is 0 Å². The van der Waals surface area contributed by atoms with Crippen LogP contribution in [0.25, 0.3) is 0 Å². The molecule has 0 radical (unpaired) electrons. The molecule has 0 aromatic heterocycles. The Balaban J connectivity index is 3.01. The van der Waals surface area contributed by atoms with Crippen molar-refractivity contribution in [2.75, 3.05) is 6.61 Å². The fraction of sp³-hybridized carbons (Fsp3) is 0.417. The van der Waals surface area contributed by atoms with Crippen LogP contribution >= 0.6 is 22.6 Å². The number of benzene rings is 1. The van der Waals surface area contributed by atoms with E-state index in [9.17, 15) is 28.5 Å². The van der Waals surface area contributed by atoms with Gasteiger partial charge in [0.2, 0.25) is 9.84 Å². The standard InChI is InChI=1S/C12H16INO7S/c13-6-1-3-7(4-2-6)22(20,21)12(19)9(14)11(18)10(17)8(16)5-15/h1-4,8-11,15-18H,5,14H2/t8-,9-,10-,11-/m1/s1. The molecule has 0 amide bonds. The number of aliphatic hydroxyl groups excluding tert-OH is 4. The molecule has 1 aromatic carbocycles. The molecule has 1 aromatic rings. The Hall–Kier alpha value is -0.630. The van der Waals surface area contributed by atoms with Crippen molar-refractivity contribution in [2.24, 2.45) is 5.73 Å². The lowest BCUT2D eigenvalue weighted by atomic mass is 10.0. The summed E-state index contributed by atoms with van der Waals surface area (Å²) in [5.41, 5.74) is 5.37. The van der Waals surface area contributed by atoms with Crippen LogP contribution in [0.15, 0.2) is 29.2 Å². The van der Waals surface area contributed by atoms with Crippen molar-refractivity contribution in [1.82, 2.24) is 0 Å². The first-order valence-corrected chi connectivity index (χ1v) is 8.64. The first-order chi connectivity index (χ1) is 10.1. The molecular formula is C12H16INO7S.